The number of hydrogen-bond donors (Lipinski definition) is 2. The zero-order valence-electron chi connectivity index (χ0n) is 9.04. The third-order valence-electron chi connectivity index (χ3n) is 4.14. The van der Waals surface area contributed by atoms with Crippen LogP contribution in [0, 0.1) is 5.92 Å². The second kappa shape index (κ2) is 4.19. The van der Waals surface area contributed by atoms with Crippen molar-refractivity contribution in [3.63, 3.8) is 0 Å². The maximum Gasteiger partial charge on any atom is 0.0569 e. The predicted octanol–water partition coefficient (Wildman–Crippen LogP) is 2.20. The lowest BCUT2D eigenvalue weighted by Crippen LogP contribution is -2.46. The van der Waals surface area contributed by atoms with Gasteiger partial charge in [0.25, 0.3) is 0 Å². The van der Waals surface area contributed by atoms with E-state index in [1.54, 1.807) is 0 Å². The molecule has 0 aromatic carbocycles. The Labute approximate surface area is 86.9 Å². The van der Waals surface area contributed by atoms with Gasteiger partial charge in [0, 0.05) is 5.54 Å². The van der Waals surface area contributed by atoms with E-state index in [0.29, 0.717) is 5.92 Å². The quantitative estimate of drug-likeness (QED) is 0.625. The molecule has 2 saturated carbocycles. The molecule has 0 heterocycles. The van der Waals surface area contributed by atoms with Crippen molar-refractivity contribution >= 4 is 0 Å². The van der Waals surface area contributed by atoms with Crippen molar-refractivity contribution in [1.29, 1.82) is 0 Å². The first-order valence-corrected chi connectivity index (χ1v) is 6.17. The maximum atomic E-state index is 10.0. The lowest BCUT2D eigenvalue weighted by molar-refractivity contribution is 0.0561. The Morgan fingerprint density at radius 3 is 2.64 bits per heavy atom. The van der Waals surface area contributed by atoms with Gasteiger partial charge in [-0.15, -0.1) is 0 Å². The molecule has 0 saturated heterocycles. The molecule has 3 N–H and O–H groups in total. The van der Waals surface area contributed by atoms with Crippen LogP contribution in [0.2, 0.25) is 0 Å². The standard InChI is InChI=1S/C12H23NO/c13-12-7-3-1-2-6-11(14)10(9-12)5-4-8-12/h10-11,14H,1-9,13H2. The number of rotatable bonds is 0. The molecule has 0 amide bonds. The fourth-order valence-electron chi connectivity index (χ4n) is 3.24. The van der Waals surface area contributed by atoms with E-state index in [1.807, 2.05) is 0 Å². The van der Waals surface area contributed by atoms with Crippen LogP contribution in [0.3, 0.4) is 0 Å². The van der Waals surface area contributed by atoms with Crippen molar-refractivity contribution < 1.29 is 5.11 Å². The topological polar surface area (TPSA) is 46.2 Å². The van der Waals surface area contributed by atoms with Crippen LogP contribution in [-0.4, -0.2) is 16.7 Å². The molecule has 0 radical (unpaired) electrons. The van der Waals surface area contributed by atoms with Gasteiger partial charge in [0.05, 0.1) is 6.10 Å². The summed E-state index contributed by atoms with van der Waals surface area (Å²) >= 11 is 0. The summed E-state index contributed by atoms with van der Waals surface area (Å²) in [6, 6.07) is 0. The fraction of sp³-hybridized carbons (Fsp3) is 1.00. The number of fused-ring (bicyclic) bond motifs is 2. The summed E-state index contributed by atoms with van der Waals surface area (Å²) in [6.07, 6.45) is 10.5. The van der Waals surface area contributed by atoms with Gasteiger partial charge < -0.3 is 10.8 Å². The van der Waals surface area contributed by atoms with E-state index >= 15 is 0 Å². The first kappa shape index (κ1) is 10.4. The number of hydrogen-bond acceptors (Lipinski definition) is 2. The maximum absolute atomic E-state index is 10.0. The van der Waals surface area contributed by atoms with E-state index in [4.69, 9.17) is 5.73 Å². The summed E-state index contributed by atoms with van der Waals surface area (Å²) in [7, 11) is 0. The third-order valence-corrected chi connectivity index (χ3v) is 4.14. The minimum absolute atomic E-state index is 0.0637. The summed E-state index contributed by atoms with van der Waals surface area (Å²) in [5.74, 6) is 0.492. The summed E-state index contributed by atoms with van der Waals surface area (Å²) < 4.78 is 0. The van der Waals surface area contributed by atoms with Gasteiger partial charge in [-0.2, -0.15) is 0 Å². The average molecular weight is 197 g/mol. The van der Waals surface area contributed by atoms with E-state index in [0.717, 1.165) is 12.8 Å². The molecule has 2 aliphatic rings. The summed E-state index contributed by atoms with van der Waals surface area (Å²) in [5.41, 5.74) is 6.45. The van der Waals surface area contributed by atoms with Gasteiger partial charge in [0.15, 0.2) is 0 Å². The van der Waals surface area contributed by atoms with E-state index in [9.17, 15) is 5.11 Å². The van der Waals surface area contributed by atoms with Crippen molar-refractivity contribution in [3.05, 3.63) is 0 Å². The van der Waals surface area contributed by atoms with Crippen LogP contribution < -0.4 is 5.73 Å². The van der Waals surface area contributed by atoms with Gasteiger partial charge in [-0.25, -0.2) is 0 Å². The SMILES string of the molecule is NC12CCCCCC(O)C(CCC1)C2. The second-order valence-corrected chi connectivity index (χ2v) is 5.39. The van der Waals surface area contributed by atoms with Crippen LogP contribution >= 0.6 is 0 Å². The van der Waals surface area contributed by atoms with Gasteiger partial charge in [0.1, 0.15) is 0 Å². The highest BCUT2D eigenvalue weighted by molar-refractivity contribution is 4.93. The Kier molecular flexibility index (Phi) is 3.13. The Morgan fingerprint density at radius 2 is 1.79 bits per heavy atom. The molecule has 3 atom stereocenters. The van der Waals surface area contributed by atoms with Crippen molar-refractivity contribution in [1.82, 2.24) is 0 Å². The molecule has 14 heavy (non-hydrogen) atoms. The van der Waals surface area contributed by atoms with Gasteiger partial charge in [-0.1, -0.05) is 25.7 Å². The molecule has 2 heteroatoms. The molecule has 2 nitrogen and oxygen atoms in total. The van der Waals surface area contributed by atoms with Crippen molar-refractivity contribution in [2.24, 2.45) is 11.7 Å². The summed E-state index contributed by atoms with van der Waals surface area (Å²) in [5, 5.41) is 10.0. The highest BCUT2D eigenvalue weighted by Gasteiger charge is 2.35. The highest BCUT2D eigenvalue weighted by Crippen LogP contribution is 2.38. The molecule has 0 spiro atoms. The Bertz CT molecular complexity index is 195. The predicted molar refractivity (Wildman–Crippen MR) is 58.0 cm³/mol. The molecule has 2 bridgehead atoms. The molecule has 2 rings (SSSR count). The third kappa shape index (κ3) is 2.29. The highest BCUT2D eigenvalue weighted by atomic mass is 16.3. The molecule has 0 aliphatic heterocycles. The second-order valence-electron chi connectivity index (χ2n) is 5.39. The Hall–Kier alpha value is -0.0800. The fourth-order valence-corrected chi connectivity index (χ4v) is 3.24. The van der Waals surface area contributed by atoms with E-state index < -0.39 is 0 Å². The van der Waals surface area contributed by atoms with Gasteiger partial charge in [0.2, 0.25) is 0 Å². The normalized spacial score (nSPS) is 45.0. The van der Waals surface area contributed by atoms with Gasteiger partial charge >= 0.3 is 0 Å². The summed E-state index contributed by atoms with van der Waals surface area (Å²) in [6.45, 7) is 0. The minimum atomic E-state index is -0.0728. The smallest absolute Gasteiger partial charge is 0.0569 e. The van der Waals surface area contributed by atoms with Gasteiger partial charge in [-0.05, 0) is 38.0 Å². The zero-order valence-corrected chi connectivity index (χ0v) is 9.04. The minimum Gasteiger partial charge on any atom is -0.393 e. The monoisotopic (exact) mass is 197 g/mol. The lowest BCUT2D eigenvalue weighted by Gasteiger charge is -2.39. The first-order valence-electron chi connectivity index (χ1n) is 6.17. The van der Waals surface area contributed by atoms with Gasteiger partial charge in [-0.3, -0.25) is 0 Å². The number of aliphatic hydroxyl groups is 1. The van der Waals surface area contributed by atoms with Crippen LogP contribution in [0.5, 0.6) is 0 Å². The number of aliphatic hydroxyl groups excluding tert-OH is 1. The Morgan fingerprint density at radius 1 is 1.00 bits per heavy atom. The van der Waals surface area contributed by atoms with Crippen LogP contribution in [0.25, 0.3) is 0 Å². The molecule has 3 unspecified atom stereocenters. The van der Waals surface area contributed by atoms with Crippen LogP contribution in [0.1, 0.15) is 57.8 Å². The van der Waals surface area contributed by atoms with Crippen LogP contribution in [-0.2, 0) is 0 Å². The van der Waals surface area contributed by atoms with E-state index in [-0.39, 0.29) is 11.6 Å². The molecule has 2 fully saturated rings. The zero-order chi connectivity index (χ0) is 10.0. The molecular formula is C12H23NO. The summed E-state index contributed by atoms with van der Waals surface area (Å²) in [4.78, 5) is 0. The van der Waals surface area contributed by atoms with E-state index in [1.165, 1.54) is 44.9 Å². The molecule has 82 valence electrons. The average Bonchev–Trinajstić information content (AvgIpc) is 2.20. The van der Waals surface area contributed by atoms with Crippen LogP contribution in [0.15, 0.2) is 0 Å². The molecule has 0 aromatic heterocycles. The van der Waals surface area contributed by atoms with Crippen molar-refractivity contribution in [2.75, 3.05) is 0 Å². The molecule has 2 aliphatic carbocycles. The largest absolute Gasteiger partial charge is 0.393 e. The van der Waals surface area contributed by atoms with Crippen molar-refractivity contribution in [2.45, 2.75) is 69.4 Å². The first-order chi connectivity index (χ1) is 6.70. The molecular weight excluding hydrogens is 174 g/mol. The van der Waals surface area contributed by atoms with Crippen molar-refractivity contribution in [3.8, 4) is 0 Å². The Balaban J connectivity index is 2.06. The van der Waals surface area contributed by atoms with E-state index in [2.05, 4.69) is 0 Å². The molecule has 0 aromatic rings. The lowest BCUT2D eigenvalue weighted by atomic mass is 9.72. The van der Waals surface area contributed by atoms with Crippen LogP contribution in [0.4, 0.5) is 0 Å². The number of nitrogens with two attached hydrogens (primary N) is 1.